The van der Waals surface area contributed by atoms with Crippen LogP contribution in [0.25, 0.3) is 0 Å². The minimum atomic E-state index is 0.0503. The van der Waals surface area contributed by atoms with E-state index in [1.807, 2.05) is 12.1 Å². The van der Waals surface area contributed by atoms with E-state index >= 15 is 0 Å². The van der Waals surface area contributed by atoms with E-state index in [2.05, 4.69) is 16.2 Å². The number of carbonyl (C=O) groups excluding carboxylic acids is 1. The van der Waals surface area contributed by atoms with Crippen LogP contribution in [0.1, 0.15) is 5.56 Å². The van der Waals surface area contributed by atoms with Gasteiger partial charge in [-0.3, -0.25) is 15.1 Å². The van der Waals surface area contributed by atoms with Gasteiger partial charge in [-0.1, -0.05) is 5.92 Å². The fraction of sp³-hybridized carbons (Fsp3) is 0.385. The lowest BCUT2D eigenvalue weighted by Crippen LogP contribution is -2.36. The van der Waals surface area contributed by atoms with Crippen molar-refractivity contribution in [3.63, 3.8) is 0 Å². The summed E-state index contributed by atoms with van der Waals surface area (Å²) < 4.78 is 0. The molecule has 1 aromatic heterocycles. The van der Waals surface area contributed by atoms with E-state index in [1.165, 1.54) is 5.56 Å². The highest BCUT2D eigenvalue weighted by Crippen LogP contribution is 1.98. The molecule has 0 bridgehead atoms. The fourth-order valence-corrected chi connectivity index (χ4v) is 1.35. The molecule has 0 aromatic carbocycles. The van der Waals surface area contributed by atoms with Gasteiger partial charge in [0, 0.05) is 26.0 Å². The number of pyridine rings is 1. The maximum atomic E-state index is 11.6. The van der Waals surface area contributed by atoms with Crippen LogP contribution in [0.15, 0.2) is 24.5 Å². The first-order chi connectivity index (χ1) is 8.24. The first-order valence-electron chi connectivity index (χ1n) is 5.51. The van der Waals surface area contributed by atoms with Crippen LogP contribution < -0.4 is 5.32 Å². The lowest BCUT2D eigenvalue weighted by molar-refractivity contribution is -0.128. The first kappa shape index (κ1) is 13.2. The van der Waals surface area contributed by atoms with E-state index in [1.54, 1.807) is 24.3 Å². The molecule has 4 heteroatoms. The van der Waals surface area contributed by atoms with Gasteiger partial charge in [-0.05, 0) is 24.1 Å². The molecule has 0 saturated carbocycles. The van der Waals surface area contributed by atoms with Crippen molar-refractivity contribution in [1.82, 2.24) is 15.2 Å². The zero-order valence-corrected chi connectivity index (χ0v) is 10.0. The Morgan fingerprint density at radius 2 is 2.24 bits per heavy atom. The number of rotatable bonds is 6. The Morgan fingerprint density at radius 1 is 1.53 bits per heavy atom. The number of amides is 1. The van der Waals surface area contributed by atoms with Crippen molar-refractivity contribution in [3.05, 3.63) is 30.1 Å². The predicted molar refractivity (Wildman–Crippen MR) is 67.3 cm³/mol. The minimum Gasteiger partial charge on any atom is -0.344 e. The highest BCUT2D eigenvalue weighted by molar-refractivity contribution is 5.77. The van der Waals surface area contributed by atoms with Gasteiger partial charge in [0.15, 0.2) is 0 Å². The van der Waals surface area contributed by atoms with Crippen molar-refractivity contribution < 1.29 is 4.79 Å². The van der Waals surface area contributed by atoms with Crippen molar-refractivity contribution in [2.24, 2.45) is 0 Å². The maximum Gasteiger partial charge on any atom is 0.236 e. The standard InChI is InChI=1S/C13H17N3O/c1-3-7-15-11-13(17)16(2)10-6-12-4-8-14-9-5-12/h1,4-5,8-9,15H,6-7,10-11H2,2H3. The fourth-order valence-electron chi connectivity index (χ4n) is 1.35. The molecule has 1 N–H and O–H groups in total. The van der Waals surface area contributed by atoms with Crippen molar-refractivity contribution in [1.29, 1.82) is 0 Å². The van der Waals surface area contributed by atoms with Gasteiger partial charge < -0.3 is 4.90 Å². The number of nitrogens with one attached hydrogen (secondary N) is 1. The smallest absolute Gasteiger partial charge is 0.236 e. The van der Waals surface area contributed by atoms with Crippen LogP contribution in [0.3, 0.4) is 0 Å². The number of nitrogens with zero attached hydrogens (tertiary/aromatic N) is 2. The van der Waals surface area contributed by atoms with Crippen molar-refractivity contribution >= 4 is 5.91 Å². The molecule has 0 saturated heterocycles. The molecule has 0 aliphatic heterocycles. The van der Waals surface area contributed by atoms with E-state index in [9.17, 15) is 4.79 Å². The number of aromatic nitrogens is 1. The average molecular weight is 231 g/mol. The highest BCUT2D eigenvalue weighted by atomic mass is 16.2. The summed E-state index contributed by atoms with van der Waals surface area (Å²) >= 11 is 0. The largest absolute Gasteiger partial charge is 0.344 e. The van der Waals surface area contributed by atoms with Gasteiger partial charge in [0.05, 0.1) is 13.1 Å². The second-order valence-electron chi connectivity index (χ2n) is 3.73. The number of hydrogen-bond acceptors (Lipinski definition) is 3. The Bertz CT molecular complexity index is 383. The van der Waals surface area contributed by atoms with E-state index < -0.39 is 0 Å². The van der Waals surface area contributed by atoms with Crippen LogP contribution in [-0.4, -0.2) is 42.5 Å². The molecule has 17 heavy (non-hydrogen) atoms. The zero-order chi connectivity index (χ0) is 12.5. The molecule has 0 fully saturated rings. The molecule has 90 valence electrons. The van der Waals surface area contributed by atoms with Crippen LogP contribution in [0.4, 0.5) is 0 Å². The molecule has 1 amide bonds. The topological polar surface area (TPSA) is 45.2 Å². The summed E-state index contributed by atoms with van der Waals surface area (Å²) in [4.78, 5) is 17.3. The van der Waals surface area contributed by atoms with Crippen LogP contribution in [0.5, 0.6) is 0 Å². The molecule has 4 nitrogen and oxygen atoms in total. The van der Waals surface area contributed by atoms with Gasteiger partial charge in [0.25, 0.3) is 0 Å². The molecule has 1 heterocycles. The molecule has 0 aliphatic carbocycles. The molecular weight excluding hydrogens is 214 g/mol. The lowest BCUT2D eigenvalue weighted by Gasteiger charge is -2.17. The van der Waals surface area contributed by atoms with Crippen molar-refractivity contribution in [2.75, 3.05) is 26.7 Å². The molecular formula is C13H17N3O. The Balaban J connectivity index is 2.27. The highest BCUT2D eigenvalue weighted by Gasteiger charge is 2.07. The Morgan fingerprint density at radius 3 is 2.88 bits per heavy atom. The second kappa shape index (κ2) is 7.42. The monoisotopic (exact) mass is 231 g/mol. The predicted octanol–water partition coefficient (Wildman–Crippen LogP) is 0.305. The Labute approximate surface area is 102 Å². The van der Waals surface area contributed by atoms with Gasteiger partial charge in [0.1, 0.15) is 0 Å². The van der Waals surface area contributed by atoms with Gasteiger partial charge >= 0.3 is 0 Å². The second-order valence-corrected chi connectivity index (χ2v) is 3.73. The molecule has 0 aliphatic rings. The maximum absolute atomic E-state index is 11.6. The third-order valence-corrected chi connectivity index (χ3v) is 2.41. The third kappa shape index (κ3) is 5.14. The first-order valence-corrected chi connectivity index (χ1v) is 5.51. The molecule has 0 unspecified atom stereocenters. The summed E-state index contributed by atoms with van der Waals surface area (Å²) in [6.07, 6.45) is 9.43. The van der Waals surface area contributed by atoms with Crippen LogP contribution >= 0.6 is 0 Å². The summed E-state index contributed by atoms with van der Waals surface area (Å²) in [5, 5.41) is 2.88. The Hall–Kier alpha value is -1.86. The summed E-state index contributed by atoms with van der Waals surface area (Å²) in [6.45, 7) is 1.40. The number of hydrogen-bond donors (Lipinski definition) is 1. The van der Waals surface area contributed by atoms with Crippen molar-refractivity contribution in [3.8, 4) is 12.3 Å². The zero-order valence-electron chi connectivity index (χ0n) is 10.0. The number of likely N-dealkylation sites (N-methyl/N-ethyl adjacent to an activating group) is 1. The lowest BCUT2D eigenvalue weighted by atomic mass is 10.2. The molecule has 1 rings (SSSR count). The van der Waals surface area contributed by atoms with Gasteiger partial charge in [-0.25, -0.2) is 0 Å². The average Bonchev–Trinajstić information content (AvgIpc) is 2.37. The summed E-state index contributed by atoms with van der Waals surface area (Å²) in [5.41, 5.74) is 1.18. The Kier molecular flexibility index (Phi) is 5.76. The normalized spacial score (nSPS) is 9.65. The number of terminal acetylenes is 1. The minimum absolute atomic E-state index is 0.0503. The van der Waals surface area contributed by atoms with Gasteiger partial charge in [-0.15, -0.1) is 6.42 Å². The summed E-state index contributed by atoms with van der Waals surface area (Å²) in [5.74, 6) is 2.48. The van der Waals surface area contributed by atoms with E-state index in [0.717, 1.165) is 6.42 Å². The van der Waals surface area contributed by atoms with E-state index in [0.29, 0.717) is 13.1 Å². The molecule has 0 radical (unpaired) electrons. The quantitative estimate of drug-likeness (QED) is 0.566. The van der Waals surface area contributed by atoms with Crippen LogP contribution in [0, 0.1) is 12.3 Å². The third-order valence-electron chi connectivity index (χ3n) is 2.41. The molecule has 0 spiro atoms. The van der Waals surface area contributed by atoms with E-state index in [-0.39, 0.29) is 12.5 Å². The summed E-state index contributed by atoms with van der Waals surface area (Å²) in [7, 11) is 1.79. The molecule has 1 aromatic rings. The molecule has 0 atom stereocenters. The van der Waals surface area contributed by atoms with Crippen LogP contribution in [-0.2, 0) is 11.2 Å². The summed E-state index contributed by atoms with van der Waals surface area (Å²) in [6, 6.07) is 3.91. The number of carbonyl (C=O) groups is 1. The van der Waals surface area contributed by atoms with Gasteiger partial charge in [-0.2, -0.15) is 0 Å². The van der Waals surface area contributed by atoms with Crippen LogP contribution in [0.2, 0.25) is 0 Å². The van der Waals surface area contributed by atoms with Crippen molar-refractivity contribution in [2.45, 2.75) is 6.42 Å². The van der Waals surface area contributed by atoms with Gasteiger partial charge in [0.2, 0.25) is 5.91 Å². The SMILES string of the molecule is C#CCNCC(=O)N(C)CCc1ccncc1. The van der Waals surface area contributed by atoms with E-state index in [4.69, 9.17) is 6.42 Å².